The molecule has 4 nitrogen and oxygen atoms in total. The number of aryl methyl sites for hydroxylation is 3. The molecule has 0 radical (unpaired) electrons. The highest BCUT2D eigenvalue weighted by Crippen LogP contribution is 2.49. The number of rotatable bonds is 2. The number of hydrogen-bond donors (Lipinski definition) is 0. The summed E-state index contributed by atoms with van der Waals surface area (Å²) in [6.07, 6.45) is 5.29. The molecule has 2 bridgehead atoms. The summed E-state index contributed by atoms with van der Waals surface area (Å²) in [5, 5.41) is 0. The van der Waals surface area contributed by atoms with Crippen LogP contribution in [0.25, 0.3) is 0 Å². The predicted octanol–water partition coefficient (Wildman–Crippen LogP) is 2.33. The van der Waals surface area contributed by atoms with Crippen LogP contribution < -0.4 is 0 Å². The lowest BCUT2D eigenvalue weighted by atomic mass is 9.86. The van der Waals surface area contributed by atoms with Crippen molar-refractivity contribution in [2.75, 3.05) is 13.1 Å². The van der Waals surface area contributed by atoms with E-state index in [9.17, 15) is 8.42 Å². The molecule has 0 aromatic heterocycles. The van der Waals surface area contributed by atoms with Gasteiger partial charge < -0.3 is 4.74 Å². The summed E-state index contributed by atoms with van der Waals surface area (Å²) in [5.41, 5.74) is 2.38. The van der Waals surface area contributed by atoms with E-state index in [0.717, 1.165) is 23.1 Å². The van der Waals surface area contributed by atoms with Crippen LogP contribution in [-0.4, -0.2) is 37.5 Å². The van der Waals surface area contributed by atoms with Gasteiger partial charge in [0.25, 0.3) is 0 Å². The third kappa shape index (κ3) is 1.85. The highest BCUT2D eigenvalue weighted by molar-refractivity contribution is 7.89. The zero-order valence-electron chi connectivity index (χ0n) is 13.2. The zero-order valence-corrected chi connectivity index (χ0v) is 14.0. The van der Waals surface area contributed by atoms with Gasteiger partial charge in [-0.15, -0.1) is 0 Å². The van der Waals surface area contributed by atoms with Crippen LogP contribution in [0.3, 0.4) is 0 Å². The average Bonchev–Trinajstić information content (AvgIpc) is 3.02. The normalized spacial score (nSPS) is 33.6. The fraction of sp³-hybridized carbons (Fsp3) is 0.529. The molecule has 0 saturated carbocycles. The summed E-state index contributed by atoms with van der Waals surface area (Å²) < 4.78 is 33.9. The van der Waals surface area contributed by atoms with E-state index in [1.165, 1.54) is 0 Å². The van der Waals surface area contributed by atoms with Crippen LogP contribution in [0.5, 0.6) is 0 Å². The molecule has 0 aliphatic carbocycles. The van der Waals surface area contributed by atoms with Crippen LogP contribution in [0.1, 0.15) is 23.1 Å². The van der Waals surface area contributed by atoms with Crippen molar-refractivity contribution in [3.05, 3.63) is 41.0 Å². The molecule has 2 fully saturated rings. The third-order valence-electron chi connectivity index (χ3n) is 5.22. The van der Waals surface area contributed by atoms with Crippen LogP contribution >= 0.6 is 0 Å². The maximum absolute atomic E-state index is 13.1. The minimum Gasteiger partial charge on any atom is -0.362 e. The first kappa shape index (κ1) is 14.4. The van der Waals surface area contributed by atoms with Gasteiger partial charge in [0.05, 0.1) is 11.0 Å². The summed E-state index contributed by atoms with van der Waals surface area (Å²) >= 11 is 0. The van der Waals surface area contributed by atoms with E-state index in [-0.39, 0.29) is 11.7 Å². The third-order valence-corrected chi connectivity index (χ3v) is 7.34. The average molecular weight is 319 g/mol. The van der Waals surface area contributed by atoms with Gasteiger partial charge >= 0.3 is 0 Å². The second-order valence-corrected chi connectivity index (χ2v) is 8.80. The van der Waals surface area contributed by atoms with Crippen LogP contribution in [-0.2, 0) is 14.8 Å². The standard InChI is InChI=1S/C17H21NO3S/c1-11-6-12(2)16(13(3)7-11)22(19,20)18-9-14-8-15-4-5-17(14,10-18)21-15/h4-7,14-15H,8-10H2,1-3H3/t14-,15+,17+/m1/s1. The lowest BCUT2D eigenvalue weighted by molar-refractivity contribution is 0.0291. The fourth-order valence-corrected chi connectivity index (χ4v) is 6.33. The second kappa shape index (κ2) is 4.43. The van der Waals surface area contributed by atoms with Crippen molar-refractivity contribution >= 4 is 10.0 Å². The lowest BCUT2D eigenvalue weighted by Crippen LogP contribution is -2.36. The molecule has 1 spiro atoms. The van der Waals surface area contributed by atoms with E-state index in [1.54, 1.807) is 4.31 Å². The Balaban J connectivity index is 1.73. The maximum atomic E-state index is 13.1. The largest absolute Gasteiger partial charge is 0.362 e. The van der Waals surface area contributed by atoms with Gasteiger partial charge in [-0.3, -0.25) is 0 Å². The van der Waals surface area contributed by atoms with Crippen LogP contribution in [0.15, 0.2) is 29.2 Å². The van der Waals surface area contributed by atoms with Crippen LogP contribution in [0.4, 0.5) is 0 Å². The van der Waals surface area contributed by atoms with E-state index in [0.29, 0.717) is 23.9 Å². The highest BCUT2D eigenvalue weighted by atomic mass is 32.2. The van der Waals surface area contributed by atoms with Gasteiger partial charge in [-0.1, -0.05) is 29.8 Å². The van der Waals surface area contributed by atoms with Gasteiger partial charge in [0, 0.05) is 19.0 Å². The van der Waals surface area contributed by atoms with Crippen molar-refractivity contribution in [3.8, 4) is 0 Å². The summed E-state index contributed by atoms with van der Waals surface area (Å²) in [4.78, 5) is 0.466. The van der Waals surface area contributed by atoms with Gasteiger partial charge in [0.15, 0.2) is 0 Å². The van der Waals surface area contributed by atoms with E-state index >= 15 is 0 Å². The monoisotopic (exact) mass is 319 g/mol. The molecule has 3 aliphatic rings. The number of nitrogens with zero attached hydrogens (tertiary/aromatic N) is 1. The zero-order chi connectivity index (χ0) is 15.7. The van der Waals surface area contributed by atoms with Gasteiger partial charge in [0.2, 0.25) is 10.0 Å². The molecule has 22 heavy (non-hydrogen) atoms. The molecule has 2 saturated heterocycles. The van der Waals surface area contributed by atoms with Gasteiger partial charge in [0.1, 0.15) is 5.60 Å². The van der Waals surface area contributed by atoms with Crippen molar-refractivity contribution in [1.29, 1.82) is 0 Å². The molecule has 3 atom stereocenters. The molecule has 5 heteroatoms. The first-order valence-corrected chi connectivity index (χ1v) is 9.21. The minimum atomic E-state index is -3.47. The molecule has 118 valence electrons. The molecule has 3 heterocycles. The maximum Gasteiger partial charge on any atom is 0.243 e. The van der Waals surface area contributed by atoms with Crippen molar-refractivity contribution < 1.29 is 13.2 Å². The van der Waals surface area contributed by atoms with E-state index in [4.69, 9.17) is 4.74 Å². The first-order valence-electron chi connectivity index (χ1n) is 7.77. The molecule has 1 aromatic rings. The number of fused-ring (bicyclic) bond motifs is 1. The Labute approximate surface area is 131 Å². The first-order chi connectivity index (χ1) is 10.3. The topological polar surface area (TPSA) is 46.6 Å². The summed E-state index contributed by atoms with van der Waals surface area (Å²) in [7, 11) is -3.47. The molecule has 0 amide bonds. The van der Waals surface area contributed by atoms with Crippen molar-refractivity contribution in [1.82, 2.24) is 4.31 Å². The molecular weight excluding hydrogens is 298 g/mol. The van der Waals surface area contributed by atoms with E-state index in [2.05, 4.69) is 12.2 Å². The summed E-state index contributed by atoms with van der Waals surface area (Å²) in [5.74, 6) is 0.295. The van der Waals surface area contributed by atoms with Crippen molar-refractivity contribution in [3.63, 3.8) is 0 Å². The molecule has 0 N–H and O–H groups in total. The van der Waals surface area contributed by atoms with Crippen molar-refractivity contribution in [2.45, 2.75) is 43.8 Å². The lowest BCUT2D eigenvalue weighted by Gasteiger charge is -2.23. The minimum absolute atomic E-state index is 0.192. The SMILES string of the molecule is Cc1cc(C)c(S(=O)(=O)N2C[C@H]3C[C@@H]4C=C[C@@]3(C2)O4)c(C)c1. The number of sulfonamides is 1. The van der Waals surface area contributed by atoms with E-state index in [1.807, 2.05) is 32.9 Å². The molecule has 4 rings (SSSR count). The Kier molecular flexibility index (Phi) is 2.91. The molecular formula is C17H21NO3S. The van der Waals surface area contributed by atoms with Crippen LogP contribution in [0, 0.1) is 26.7 Å². The van der Waals surface area contributed by atoms with Crippen molar-refractivity contribution in [2.24, 2.45) is 5.92 Å². The van der Waals surface area contributed by atoms with Gasteiger partial charge in [-0.25, -0.2) is 8.42 Å². The van der Waals surface area contributed by atoms with Gasteiger partial charge in [-0.2, -0.15) is 4.31 Å². The second-order valence-electron chi connectivity index (χ2n) is 6.93. The molecule has 3 aliphatic heterocycles. The predicted molar refractivity (Wildman–Crippen MR) is 84.3 cm³/mol. The number of hydrogen-bond acceptors (Lipinski definition) is 3. The Hall–Kier alpha value is -1.17. The number of ether oxygens (including phenoxy) is 1. The quantitative estimate of drug-likeness (QED) is 0.786. The summed E-state index contributed by atoms with van der Waals surface area (Å²) in [6.45, 7) is 6.76. The smallest absolute Gasteiger partial charge is 0.243 e. The van der Waals surface area contributed by atoms with E-state index < -0.39 is 10.0 Å². The Morgan fingerprint density at radius 3 is 2.50 bits per heavy atom. The Morgan fingerprint density at radius 2 is 1.91 bits per heavy atom. The molecule has 0 unspecified atom stereocenters. The highest BCUT2D eigenvalue weighted by Gasteiger charge is 2.57. The Morgan fingerprint density at radius 1 is 1.23 bits per heavy atom. The van der Waals surface area contributed by atoms with Gasteiger partial charge in [-0.05, 0) is 38.3 Å². The fourth-order valence-electron chi connectivity index (χ4n) is 4.39. The molecule has 1 aromatic carbocycles. The number of benzene rings is 1. The Bertz CT molecular complexity index is 760. The van der Waals surface area contributed by atoms with Crippen LogP contribution in [0.2, 0.25) is 0 Å². The summed E-state index contributed by atoms with van der Waals surface area (Å²) in [6, 6.07) is 3.88.